The summed E-state index contributed by atoms with van der Waals surface area (Å²) >= 11 is 0. The average molecular weight is 476 g/mol. The molecule has 0 saturated heterocycles. The Morgan fingerprint density at radius 1 is 0.971 bits per heavy atom. The molecule has 182 valence electrons. The number of rotatable bonds is 10. The van der Waals surface area contributed by atoms with Gasteiger partial charge in [0.2, 0.25) is 0 Å². The molecule has 0 aliphatic carbocycles. The quantitative estimate of drug-likeness (QED) is 0.333. The Morgan fingerprint density at radius 2 is 1.80 bits per heavy atom. The number of carbonyl (C=O) groups excluding carboxylic acids is 2. The minimum Gasteiger partial charge on any atom is -0.497 e. The van der Waals surface area contributed by atoms with Crippen molar-refractivity contribution in [3.63, 3.8) is 0 Å². The Labute approximate surface area is 204 Å². The van der Waals surface area contributed by atoms with Crippen molar-refractivity contribution in [3.05, 3.63) is 82.9 Å². The van der Waals surface area contributed by atoms with E-state index >= 15 is 0 Å². The van der Waals surface area contributed by atoms with Crippen LogP contribution in [0.25, 0.3) is 0 Å². The number of hydrogen-bond acceptors (Lipinski definition) is 6. The first kappa shape index (κ1) is 25.3. The third-order valence-corrected chi connectivity index (χ3v) is 5.01. The number of hydrogen-bond donors (Lipinski definition) is 2. The maximum absolute atomic E-state index is 12.4. The van der Waals surface area contributed by atoms with Crippen LogP contribution in [0.1, 0.15) is 34.0 Å². The van der Waals surface area contributed by atoms with E-state index in [4.69, 9.17) is 14.2 Å². The molecule has 0 atom stereocenters. The van der Waals surface area contributed by atoms with Crippen molar-refractivity contribution in [1.29, 1.82) is 0 Å². The highest BCUT2D eigenvalue weighted by Gasteiger charge is 2.11. The lowest BCUT2D eigenvalue weighted by Crippen LogP contribution is -2.21. The number of hydrazone groups is 1. The van der Waals surface area contributed by atoms with Gasteiger partial charge in [-0.1, -0.05) is 18.2 Å². The fourth-order valence-electron chi connectivity index (χ4n) is 3.19. The van der Waals surface area contributed by atoms with Crippen LogP contribution in [0.5, 0.6) is 17.2 Å². The van der Waals surface area contributed by atoms with Gasteiger partial charge in [-0.25, -0.2) is 5.43 Å². The topological polar surface area (TPSA) is 98.2 Å². The molecule has 3 aromatic carbocycles. The molecule has 0 aliphatic heterocycles. The van der Waals surface area contributed by atoms with Crippen molar-refractivity contribution in [1.82, 2.24) is 5.43 Å². The normalized spacial score (nSPS) is 10.6. The zero-order valence-corrected chi connectivity index (χ0v) is 20.3. The van der Waals surface area contributed by atoms with Crippen molar-refractivity contribution >= 4 is 23.7 Å². The molecule has 0 spiro atoms. The van der Waals surface area contributed by atoms with E-state index in [1.807, 2.05) is 39.0 Å². The molecule has 3 rings (SSSR count). The van der Waals surface area contributed by atoms with E-state index < -0.39 is 0 Å². The van der Waals surface area contributed by atoms with Gasteiger partial charge < -0.3 is 19.5 Å². The molecule has 3 aromatic rings. The van der Waals surface area contributed by atoms with E-state index in [1.54, 1.807) is 42.5 Å². The van der Waals surface area contributed by atoms with Gasteiger partial charge >= 0.3 is 0 Å². The number of amides is 2. The molecular weight excluding hydrogens is 446 g/mol. The first-order chi connectivity index (χ1) is 16.9. The molecule has 0 heterocycles. The summed E-state index contributed by atoms with van der Waals surface area (Å²) in [5.74, 6) is 0.851. The summed E-state index contributed by atoms with van der Waals surface area (Å²) < 4.78 is 16.5. The van der Waals surface area contributed by atoms with Gasteiger partial charge in [0.05, 0.1) is 19.9 Å². The Kier molecular flexibility index (Phi) is 8.83. The number of benzene rings is 3. The van der Waals surface area contributed by atoms with E-state index in [9.17, 15) is 9.59 Å². The number of ether oxygens (including phenoxy) is 3. The van der Waals surface area contributed by atoms with Crippen molar-refractivity contribution in [2.24, 2.45) is 5.10 Å². The highest BCUT2D eigenvalue weighted by Crippen LogP contribution is 2.28. The first-order valence-corrected chi connectivity index (χ1v) is 11.1. The van der Waals surface area contributed by atoms with Gasteiger partial charge in [-0.2, -0.15) is 5.10 Å². The summed E-state index contributed by atoms with van der Waals surface area (Å²) in [7, 11) is 1.54. The van der Waals surface area contributed by atoms with Gasteiger partial charge in [0.1, 0.15) is 5.75 Å². The molecule has 0 aliphatic rings. The molecule has 0 fully saturated rings. The third-order valence-electron chi connectivity index (χ3n) is 5.01. The second-order valence-electron chi connectivity index (χ2n) is 7.73. The largest absolute Gasteiger partial charge is 0.497 e. The van der Waals surface area contributed by atoms with Crippen LogP contribution in [0.2, 0.25) is 0 Å². The SMILES string of the molecule is CCOc1cc(/C=N/NC(=O)c2cccc(OC)c2)ccc1OCC(=O)Nc1cc(C)ccc1C. The Hall–Kier alpha value is -4.33. The number of nitrogens with zero attached hydrogens (tertiary/aromatic N) is 1. The highest BCUT2D eigenvalue weighted by molar-refractivity contribution is 5.95. The molecule has 8 nitrogen and oxygen atoms in total. The third kappa shape index (κ3) is 7.33. The number of methoxy groups -OCH3 is 1. The molecular formula is C27H29N3O5. The van der Waals surface area contributed by atoms with Gasteiger partial charge in [0, 0.05) is 11.3 Å². The van der Waals surface area contributed by atoms with E-state index in [0.29, 0.717) is 35.0 Å². The molecule has 0 saturated carbocycles. The zero-order chi connectivity index (χ0) is 25.2. The van der Waals surface area contributed by atoms with Crippen LogP contribution in [0.3, 0.4) is 0 Å². The predicted molar refractivity (Wildman–Crippen MR) is 136 cm³/mol. The molecule has 35 heavy (non-hydrogen) atoms. The van der Waals surface area contributed by atoms with Crippen molar-refractivity contribution in [2.75, 3.05) is 25.6 Å². The number of nitrogens with one attached hydrogen (secondary N) is 2. The molecule has 0 bridgehead atoms. The van der Waals surface area contributed by atoms with Crippen LogP contribution in [-0.4, -0.2) is 38.4 Å². The van der Waals surface area contributed by atoms with Crippen LogP contribution in [0, 0.1) is 13.8 Å². The van der Waals surface area contributed by atoms with E-state index in [1.165, 1.54) is 13.3 Å². The maximum atomic E-state index is 12.4. The summed E-state index contributed by atoms with van der Waals surface area (Å²) in [6.45, 7) is 6.00. The Balaban J connectivity index is 1.61. The molecule has 0 aromatic heterocycles. The minimum absolute atomic E-state index is 0.169. The molecule has 0 radical (unpaired) electrons. The summed E-state index contributed by atoms with van der Waals surface area (Å²) in [5.41, 5.74) is 6.39. The number of anilines is 1. The summed E-state index contributed by atoms with van der Waals surface area (Å²) in [6.07, 6.45) is 1.50. The molecule has 8 heteroatoms. The van der Waals surface area contributed by atoms with Crippen molar-refractivity contribution in [3.8, 4) is 17.2 Å². The Bertz CT molecular complexity index is 1220. The van der Waals surface area contributed by atoms with Crippen LogP contribution < -0.4 is 25.0 Å². The second-order valence-corrected chi connectivity index (χ2v) is 7.73. The van der Waals surface area contributed by atoms with Gasteiger partial charge in [-0.05, 0) is 79.9 Å². The summed E-state index contributed by atoms with van der Waals surface area (Å²) in [4.78, 5) is 24.7. The Morgan fingerprint density at radius 3 is 2.57 bits per heavy atom. The smallest absolute Gasteiger partial charge is 0.271 e. The van der Waals surface area contributed by atoms with Crippen molar-refractivity contribution in [2.45, 2.75) is 20.8 Å². The van der Waals surface area contributed by atoms with Crippen molar-refractivity contribution < 1.29 is 23.8 Å². The standard InChI is InChI=1S/C27H29N3O5/c1-5-34-25-14-20(16-28-30-27(32)21-7-6-8-22(15-21)33-4)11-12-24(25)35-17-26(31)29-23-13-18(2)9-10-19(23)3/h6-16H,5,17H2,1-4H3,(H,29,31)(H,30,32)/b28-16+. The van der Waals surface area contributed by atoms with Gasteiger partial charge in [-0.3, -0.25) is 9.59 Å². The lowest BCUT2D eigenvalue weighted by molar-refractivity contribution is -0.118. The maximum Gasteiger partial charge on any atom is 0.271 e. The van der Waals surface area contributed by atoms with E-state index in [0.717, 1.165) is 16.8 Å². The zero-order valence-electron chi connectivity index (χ0n) is 20.3. The fraction of sp³-hybridized carbons (Fsp3) is 0.222. The minimum atomic E-state index is -0.361. The van der Waals surface area contributed by atoms with Gasteiger partial charge in [0.25, 0.3) is 11.8 Å². The average Bonchev–Trinajstić information content (AvgIpc) is 2.86. The van der Waals surface area contributed by atoms with Crippen LogP contribution in [-0.2, 0) is 4.79 Å². The van der Waals surface area contributed by atoms with Crippen LogP contribution in [0.4, 0.5) is 5.69 Å². The monoisotopic (exact) mass is 475 g/mol. The predicted octanol–water partition coefficient (Wildman–Crippen LogP) is 4.49. The fourth-order valence-corrected chi connectivity index (χ4v) is 3.19. The second kappa shape index (κ2) is 12.2. The van der Waals surface area contributed by atoms with E-state index in [-0.39, 0.29) is 18.4 Å². The van der Waals surface area contributed by atoms with Crippen LogP contribution in [0.15, 0.2) is 65.8 Å². The lowest BCUT2D eigenvalue weighted by Gasteiger charge is -2.13. The summed E-state index contributed by atoms with van der Waals surface area (Å²) in [5, 5.41) is 6.88. The number of aryl methyl sites for hydroxylation is 2. The van der Waals surface area contributed by atoms with Crippen LogP contribution >= 0.6 is 0 Å². The molecule has 2 amide bonds. The van der Waals surface area contributed by atoms with Gasteiger partial charge in [0.15, 0.2) is 18.1 Å². The first-order valence-electron chi connectivity index (χ1n) is 11.1. The number of carbonyl (C=O) groups is 2. The highest BCUT2D eigenvalue weighted by atomic mass is 16.5. The van der Waals surface area contributed by atoms with E-state index in [2.05, 4.69) is 15.8 Å². The lowest BCUT2D eigenvalue weighted by atomic mass is 10.1. The summed E-state index contributed by atoms with van der Waals surface area (Å²) in [6, 6.07) is 17.8. The molecule has 2 N–H and O–H groups in total. The molecule has 0 unspecified atom stereocenters. The van der Waals surface area contributed by atoms with Gasteiger partial charge in [-0.15, -0.1) is 0 Å².